The van der Waals surface area contributed by atoms with Crippen LogP contribution in [0, 0.1) is 5.92 Å². The van der Waals surface area contributed by atoms with E-state index in [9.17, 15) is 4.79 Å². The molecular weight excluding hydrogens is 262 g/mol. The molecule has 0 aliphatic heterocycles. The van der Waals surface area contributed by atoms with Crippen LogP contribution in [0.1, 0.15) is 63.2 Å². The summed E-state index contributed by atoms with van der Waals surface area (Å²) < 4.78 is 5.19. The van der Waals surface area contributed by atoms with Crippen molar-refractivity contribution in [2.75, 3.05) is 5.32 Å². The van der Waals surface area contributed by atoms with Gasteiger partial charge in [0.25, 0.3) is 0 Å². The number of hydrogen-bond acceptors (Lipinski definition) is 3. The van der Waals surface area contributed by atoms with E-state index in [1.54, 1.807) is 0 Å². The van der Waals surface area contributed by atoms with Crippen molar-refractivity contribution in [1.82, 2.24) is 0 Å². The van der Waals surface area contributed by atoms with E-state index in [1.165, 1.54) is 32.1 Å². The third kappa shape index (κ3) is 4.76. The molecule has 21 heavy (non-hydrogen) atoms. The Morgan fingerprint density at radius 1 is 1.19 bits per heavy atom. The van der Waals surface area contributed by atoms with Gasteiger partial charge in [-0.25, -0.2) is 4.79 Å². The fourth-order valence-corrected chi connectivity index (χ4v) is 2.94. The molecule has 0 amide bonds. The van der Waals surface area contributed by atoms with Crippen molar-refractivity contribution in [1.29, 1.82) is 0 Å². The number of anilines is 1. The average Bonchev–Trinajstić information content (AvgIpc) is 2.48. The molecular formula is C18H27NO2. The molecule has 1 N–H and O–H groups in total. The number of ether oxygens (including phenoxy) is 1. The molecule has 0 heterocycles. The zero-order chi connectivity index (χ0) is 15.2. The number of hydrogen-bond donors (Lipinski definition) is 1. The Labute approximate surface area is 128 Å². The Morgan fingerprint density at radius 3 is 2.33 bits per heavy atom. The molecule has 116 valence electrons. The summed E-state index contributed by atoms with van der Waals surface area (Å²) >= 11 is 0. The fourth-order valence-electron chi connectivity index (χ4n) is 2.94. The van der Waals surface area contributed by atoms with Crippen LogP contribution in [0.15, 0.2) is 24.3 Å². The number of benzene rings is 1. The summed E-state index contributed by atoms with van der Waals surface area (Å²) in [6, 6.07) is 8.20. The molecule has 1 aliphatic carbocycles. The number of esters is 1. The Kier molecular flexibility index (Phi) is 5.66. The molecule has 0 atom stereocenters. The van der Waals surface area contributed by atoms with Crippen molar-refractivity contribution < 1.29 is 9.53 Å². The summed E-state index contributed by atoms with van der Waals surface area (Å²) in [7, 11) is 0. The van der Waals surface area contributed by atoms with E-state index in [0.29, 0.717) is 11.6 Å². The smallest absolute Gasteiger partial charge is 0.338 e. The fraction of sp³-hybridized carbons (Fsp3) is 0.611. The molecule has 1 aromatic rings. The Balaban J connectivity index is 1.86. The molecule has 2 rings (SSSR count). The number of carbonyl (C=O) groups excluding carboxylic acids is 1. The number of carbonyl (C=O) groups is 1. The first-order valence-corrected chi connectivity index (χ1v) is 8.16. The first kappa shape index (κ1) is 15.9. The van der Waals surface area contributed by atoms with Gasteiger partial charge in [-0.1, -0.05) is 13.3 Å². The van der Waals surface area contributed by atoms with Crippen molar-refractivity contribution in [3.63, 3.8) is 0 Å². The number of nitrogens with one attached hydrogen (secondary N) is 1. The molecule has 0 aromatic heterocycles. The highest BCUT2D eigenvalue weighted by Gasteiger charge is 2.19. The van der Waals surface area contributed by atoms with Gasteiger partial charge in [0, 0.05) is 11.7 Å². The second-order valence-corrected chi connectivity index (χ2v) is 6.30. The first-order chi connectivity index (χ1) is 10.1. The third-order valence-corrected chi connectivity index (χ3v) is 4.26. The quantitative estimate of drug-likeness (QED) is 0.803. The van der Waals surface area contributed by atoms with E-state index in [-0.39, 0.29) is 12.1 Å². The van der Waals surface area contributed by atoms with Gasteiger partial charge < -0.3 is 10.1 Å². The zero-order valence-corrected chi connectivity index (χ0v) is 13.4. The standard InChI is InChI=1S/C18H27NO2/c1-4-14-5-9-16(10-6-14)19-17-11-7-15(8-12-17)18(20)21-13(2)3/h7-8,11-14,16,19H,4-6,9-10H2,1-3H3. The lowest BCUT2D eigenvalue weighted by molar-refractivity contribution is 0.0378. The summed E-state index contributed by atoms with van der Waals surface area (Å²) in [5.41, 5.74) is 1.71. The van der Waals surface area contributed by atoms with E-state index in [2.05, 4.69) is 12.2 Å². The maximum absolute atomic E-state index is 11.8. The molecule has 0 spiro atoms. The Hall–Kier alpha value is -1.51. The predicted octanol–water partition coefficient (Wildman–Crippen LogP) is 4.63. The molecule has 1 aliphatic rings. The molecule has 3 nitrogen and oxygen atoms in total. The maximum Gasteiger partial charge on any atom is 0.338 e. The number of rotatable bonds is 5. The molecule has 3 heteroatoms. The lowest BCUT2D eigenvalue weighted by Crippen LogP contribution is -2.25. The minimum absolute atomic E-state index is 0.0796. The normalized spacial score (nSPS) is 22.1. The monoisotopic (exact) mass is 289 g/mol. The molecule has 1 saturated carbocycles. The van der Waals surface area contributed by atoms with Crippen LogP contribution >= 0.6 is 0 Å². The van der Waals surface area contributed by atoms with Crippen molar-refractivity contribution in [2.45, 2.75) is 65.0 Å². The molecule has 0 bridgehead atoms. The first-order valence-electron chi connectivity index (χ1n) is 8.16. The summed E-state index contributed by atoms with van der Waals surface area (Å²) in [6.45, 7) is 6.01. The van der Waals surface area contributed by atoms with Gasteiger partial charge in [-0.2, -0.15) is 0 Å². The second kappa shape index (κ2) is 7.48. The molecule has 0 radical (unpaired) electrons. The summed E-state index contributed by atoms with van der Waals surface area (Å²) in [4.78, 5) is 11.8. The lowest BCUT2D eigenvalue weighted by Gasteiger charge is -2.29. The minimum atomic E-state index is -0.250. The maximum atomic E-state index is 11.8. The van der Waals surface area contributed by atoms with Crippen LogP contribution in [0.3, 0.4) is 0 Å². The average molecular weight is 289 g/mol. The Bertz CT molecular complexity index is 445. The largest absolute Gasteiger partial charge is 0.459 e. The minimum Gasteiger partial charge on any atom is -0.459 e. The predicted molar refractivity (Wildman–Crippen MR) is 86.7 cm³/mol. The van der Waals surface area contributed by atoms with Gasteiger partial charge in [0.1, 0.15) is 0 Å². The second-order valence-electron chi connectivity index (χ2n) is 6.30. The third-order valence-electron chi connectivity index (χ3n) is 4.26. The van der Waals surface area contributed by atoms with Gasteiger partial charge in [0.2, 0.25) is 0 Å². The van der Waals surface area contributed by atoms with E-state index in [1.807, 2.05) is 38.1 Å². The van der Waals surface area contributed by atoms with Crippen LogP contribution in [0.5, 0.6) is 0 Å². The lowest BCUT2D eigenvalue weighted by atomic mass is 9.84. The SMILES string of the molecule is CCC1CCC(Nc2ccc(C(=O)OC(C)C)cc2)CC1. The van der Waals surface area contributed by atoms with Gasteiger partial charge in [0.05, 0.1) is 11.7 Å². The van der Waals surface area contributed by atoms with Crippen LogP contribution in [0.25, 0.3) is 0 Å². The van der Waals surface area contributed by atoms with Gasteiger partial charge >= 0.3 is 5.97 Å². The topological polar surface area (TPSA) is 38.3 Å². The van der Waals surface area contributed by atoms with Crippen LogP contribution in [0.2, 0.25) is 0 Å². The van der Waals surface area contributed by atoms with Gasteiger partial charge in [-0.05, 0) is 69.7 Å². The van der Waals surface area contributed by atoms with Crippen LogP contribution in [0.4, 0.5) is 5.69 Å². The van der Waals surface area contributed by atoms with E-state index in [0.717, 1.165) is 11.6 Å². The van der Waals surface area contributed by atoms with E-state index >= 15 is 0 Å². The summed E-state index contributed by atoms with van der Waals surface area (Å²) in [5, 5.41) is 3.58. The van der Waals surface area contributed by atoms with Gasteiger partial charge in [0.15, 0.2) is 0 Å². The highest BCUT2D eigenvalue weighted by Crippen LogP contribution is 2.28. The van der Waals surface area contributed by atoms with Crippen molar-refractivity contribution in [3.8, 4) is 0 Å². The summed E-state index contributed by atoms with van der Waals surface area (Å²) in [6.07, 6.45) is 6.37. The van der Waals surface area contributed by atoms with E-state index < -0.39 is 0 Å². The molecule has 1 aromatic carbocycles. The molecule has 0 saturated heterocycles. The molecule has 1 fully saturated rings. The van der Waals surface area contributed by atoms with Gasteiger partial charge in [-0.15, -0.1) is 0 Å². The van der Waals surface area contributed by atoms with Crippen molar-refractivity contribution in [2.24, 2.45) is 5.92 Å². The Morgan fingerprint density at radius 2 is 1.81 bits per heavy atom. The zero-order valence-electron chi connectivity index (χ0n) is 13.4. The highest BCUT2D eigenvalue weighted by molar-refractivity contribution is 5.89. The van der Waals surface area contributed by atoms with Crippen LogP contribution in [-0.2, 0) is 4.74 Å². The summed E-state index contributed by atoms with van der Waals surface area (Å²) in [5.74, 6) is 0.663. The van der Waals surface area contributed by atoms with Crippen LogP contribution in [-0.4, -0.2) is 18.1 Å². The van der Waals surface area contributed by atoms with Crippen molar-refractivity contribution in [3.05, 3.63) is 29.8 Å². The van der Waals surface area contributed by atoms with Crippen molar-refractivity contribution >= 4 is 11.7 Å². The van der Waals surface area contributed by atoms with E-state index in [4.69, 9.17) is 4.74 Å². The van der Waals surface area contributed by atoms with Crippen LogP contribution < -0.4 is 5.32 Å². The molecule has 0 unspecified atom stereocenters. The highest BCUT2D eigenvalue weighted by atomic mass is 16.5. The van der Waals surface area contributed by atoms with Gasteiger partial charge in [-0.3, -0.25) is 0 Å².